The zero-order valence-electron chi connectivity index (χ0n) is 13.7. The second kappa shape index (κ2) is 8.48. The first kappa shape index (κ1) is 18.7. The standard InChI is InChI=1S/C17H17BrN2O5/c1-24-15-8-12(14(18)9-16(15)25-2)10-19-17(21)7-11-3-5-13(6-4-11)20(22)23/h3-6,8-9H,7,10H2,1-2H3,(H,19,21). The number of halogens is 1. The van der Waals surface area contributed by atoms with Crippen molar-refractivity contribution in [3.05, 3.63) is 62.1 Å². The largest absolute Gasteiger partial charge is 0.493 e. The first-order valence-electron chi connectivity index (χ1n) is 7.35. The molecule has 0 aromatic heterocycles. The molecule has 0 atom stereocenters. The molecule has 8 heteroatoms. The van der Waals surface area contributed by atoms with Crippen molar-refractivity contribution in [1.29, 1.82) is 0 Å². The molecule has 0 saturated heterocycles. The molecule has 0 saturated carbocycles. The van der Waals surface area contributed by atoms with Crippen LogP contribution in [0.2, 0.25) is 0 Å². The maximum atomic E-state index is 12.1. The summed E-state index contributed by atoms with van der Waals surface area (Å²) in [6, 6.07) is 9.47. The maximum absolute atomic E-state index is 12.1. The Morgan fingerprint density at radius 2 is 1.76 bits per heavy atom. The topological polar surface area (TPSA) is 90.7 Å². The summed E-state index contributed by atoms with van der Waals surface area (Å²) < 4.78 is 11.3. The van der Waals surface area contributed by atoms with Crippen LogP contribution in [0.3, 0.4) is 0 Å². The number of nitrogens with one attached hydrogen (secondary N) is 1. The van der Waals surface area contributed by atoms with E-state index in [1.807, 2.05) is 0 Å². The normalized spacial score (nSPS) is 10.2. The highest BCUT2D eigenvalue weighted by Crippen LogP contribution is 2.33. The summed E-state index contributed by atoms with van der Waals surface area (Å²) in [4.78, 5) is 22.2. The van der Waals surface area contributed by atoms with E-state index in [4.69, 9.17) is 9.47 Å². The summed E-state index contributed by atoms with van der Waals surface area (Å²) >= 11 is 3.44. The van der Waals surface area contributed by atoms with Gasteiger partial charge >= 0.3 is 0 Å². The number of nitro benzene ring substituents is 1. The number of rotatable bonds is 7. The van der Waals surface area contributed by atoms with Crippen molar-refractivity contribution < 1.29 is 19.2 Å². The Morgan fingerprint density at radius 3 is 2.32 bits per heavy atom. The van der Waals surface area contributed by atoms with Crippen LogP contribution >= 0.6 is 15.9 Å². The Kier molecular flexibility index (Phi) is 6.35. The van der Waals surface area contributed by atoms with Gasteiger partial charge in [-0.1, -0.05) is 28.1 Å². The fraction of sp³-hybridized carbons (Fsp3) is 0.235. The molecular formula is C17H17BrN2O5. The maximum Gasteiger partial charge on any atom is 0.269 e. The minimum Gasteiger partial charge on any atom is -0.493 e. The van der Waals surface area contributed by atoms with Crippen LogP contribution in [0.15, 0.2) is 40.9 Å². The molecule has 0 aliphatic rings. The van der Waals surface area contributed by atoms with Crippen LogP contribution in [-0.2, 0) is 17.8 Å². The SMILES string of the molecule is COc1cc(Br)c(CNC(=O)Cc2ccc([N+](=O)[O-])cc2)cc1OC. The van der Waals surface area contributed by atoms with E-state index >= 15 is 0 Å². The highest BCUT2D eigenvalue weighted by molar-refractivity contribution is 9.10. The lowest BCUT2D eigenvalue weighted by Gasteiger charge is -2.12. The van der Waals surface area contributed by atoms with Gasteiger partial charge in [0.05, 0.1) is 25.6 Å². The van der Waals surface area contributed by atoms with Crippen LogP contribution < -0.4 is 14.8 Å². The van der Waals surface area contributed by atoms with E-state index < -0.39 is 4.92 Å². The van der Waals surface area contributed by atoms with E-state index in [0.717, 1.165) is 10.0 Å². The van der Waals surface area contributed by atoms with Crippen molar-refractivity contribution in [3.8, 4) is 11.5 Å². The minimum absolute atomic E-state index is 0.00147. The van der Waals surface area contributed by atoms with Crippen molar-refractivity contribution in [2.75, 3.05) is 14.2 Å². The molecule has 25 heavy (non-hydrogen) atoms. The van der Waals surface area contributed by atoms with Gasteiger partial charge in [-0.2, -0.15) is 0 Å². The van der Waals surface area contributed by atoms with Gasteiger partial charge in [0.1, 0.15) is 0 Å². The van der Waals surface area contributed by atoms with E-state index in [1.165, 1.54) is 12.1 Å². The van der Waals surface area contributed by atoms with Crippen LogP contribution in [-0.4, -0.2) is 25.1 Å². The monoisotopic (exact) mass is 408 g/mol. The van der Waals surface area contributed by atoms with Gasteiger partial charge in [-0.25, -0.2) is 0 Å². The number of carbonyl (C=O) groups is 1. The lowest BCUT2D eigenvalue weighted by molar-refractivity contribution is -0.384. The summed E-state index contributed by atoms with van der Waals surface area (Å²) in [5.41, 5.74) is 1.54. The molecule has 0 spiro atoms. The number of nitro groups is 1. The zero-order chi connectivity index (χ0) is 18.4. The number of hydrogen-bond acceptors (Lipinski definition) is 5. The summed E-state index contributed by atoms with van der Waals surface area (Å²) in [5, 5.41) is 13.4. The first-order valence-corrected chi connectivity index (χ1v) is 8.14. The molecule has 132 valence electrons. The zero-order valence-corrected chi connectivity index (χ0v) is 15.3. The van der Waals surface area contributed by atoms with Crippen LogP contribution in [0.25, 0.3) is 0 Å². The molecule has 0 unspecified atom stereocenters. The van der Waals surface area contributed by atoms with Gasteiger partial charge in [0.2, 0.25) is 5.91 Å². The van der Waals surface area contributed by atoms with Crippen LogP contribution in [0.5, 0.6) is 11.5 Å². The highest BCUT2D eigenvalue weighted by atomic mass is 79.9. The van der Waals surface area contributed by atoms with Gasteiger partial charge in [-0.15, -0.1) is 0 Å². The summed E-state index contributed by atoms with van der Waals surface area (Å²) in [5.74, 6) is 0.983. The quantitative estimate of drug-likeness (QED) is 0.560. The van der Waals surface area contributed by atoms with Gasteiger partial charge in [-0.3, -0.25) is 14.9 Å². The summed E-state index contributed by atoms with van der Waals surface area (Å²) in [6.07, 6.45) is 0.142. The lowest BCUT2D eigenvalue weighted by Crippen LogP contribution is -2.24. The molecule has 2 rings (SSSR count). The number of non-ortho nitro benzene ring substituents is 1. The Morgan fingerprint density at radius 1 is 1.16 bits per heavy atom. The molecule has 0 fully saturated rings. The van der Waals surface area contributed by atoms with Gasteiger partial charge < -0.3 is 14.8 Å². The molecule has 0 heterocycles. The number of carbonyl (C=O) groups excluding carboxylic acids is 1. The molecule has 0 aliphatic carbocycles. The molecule has 7 nitrogen and oxygen atoms in total. The fourth-order valence-corrected chi connectivity index (χ4v) is 2.67. The smallest absolute Gasteiger partial charge is 0.269 e. The second-order valence-electron chi connectivity index (χ2n) is 5.18. The van der Waals surface area contributed by atoms with Gasteiger partial charge in [0.15, 0.2) is 11.5 Å². The minimum atomic E-state index is -0.474. The van der Waals surface area contributed by atoms with Crippen molar-refractivity contribution in [3.63, 3.8) is 0 Å². The van der Waals surface area contributed by atoms with E-state index in [0.29, 0.717) is 23.6 Å². The molecule has 1 amide bonds. The second-order valence-corrected chi connectivity index (χ2v) is 6.03. The summed E-state index contributed by atoms with van der Waals surface area (Å²) in [6.45, 7) is 0.312. The summed E-state index contributed by atoms with van der Waals surface area (Å²) in [7, 11) is 3.10. The van der Waals surface area contributed by atoms with Gasteiger partial charge in [0.25, 0.3) is 5.69 Å². The third kappa shape index (κ3) is 4.93. The van der Waals surface area contributed by atoms with Gasteiger partial charge in [0, 0.05) is 23.2 Å². The number of ether oxygens (including phenoxy) is 2. The van der Waals surface area contributed by atoms with Crippen molar-refractivity contribution >= 4 is 27.5 Å². The fourth-order valence-electron chi connectivity index (χ4n) is 2.21. The van der Waals surface area contributed by atoms with Crippen molar-refractivity contribution in [1.82, 2.24) is 5.32 Å². The Balaban J connectivity index is 1.99. The van der Waals surface area contributed by atoms with Crippen LogP contribution in [0, 0.1) is 10.1 Å². The Hall–Kier alpha value is -2.61. The third-order valence-corrected chi connectivity index (χ3v) is 4.28. The first-order chi connectivity index (χ1) is 11.9. The van der Waals surface area contributed by atoms with Crippen LogP contribution in [0.1, 0.15) is 11.1 Å². The predicted octanol–water partition coefficient (Wildman–Crippen LogP) is 3.23. The third-order valence-electron chi connectivity index (χ3n) is 3.54. The van der Waals surface area contributed by atoms with E-state index in [1.54, 1.807) is 38.5 Å². The average molecular weight is 409 g/mol. The highest BCUT2D eigenvalue weighted by Gasteiger charge is 2.11. The number of amides is 1. The number of methoxy groups -OCH3 is 2. The predicted molar refractivity (Wildman–Crippen MR) is 95.9 cm³/mol. The molecule has 2 aromatic carbocycles. The lowest BCUT2D eigenvalue weighted by atomic mass is 10.1. The molecule has 2 aromatic rings. The van der Waals surface area contributed by atoms with E-state index in [9.17, 15) is 14.9 Å². The molecule has 1 N–H and O–H groups in total. The molecule has 0 bridgehead atoms. The number of benzene rings is 2. The van der Waals surface area contributed by atoms with Crippen LogP contribution in [0.4, 0.5) is 5.69 Å². The molecular weight excluding hydrogens is 392 g/mol. The van der Waals surface area contributed by atoms with Crippen molar-refractivity contribution in [2.24, 2.45) is 0 Å². The van der Waals surface area contributed by atoms with E-state index in [-0.39, 0.29) is 18.0 Å². The molecule has 0 radical (unpaired) electrons. The Bertz CT molecular complexity index is 777. The Labute approximate surface area is 153 Å². The van der Waals surface area contributed by atoms with Gasteiger partial charge in [-0.05, 0) is 23.3 Å². The number of hydrogen-bond donors (Lipinski definition) is 1. The van der Waals surface area contributed by atoms with E-state index in [2.05, 4.69) is 21.2 Å². The average Bonchev–Trinajstić information content (AvgIpc) is 2.60. The number of nitrogens with zero attached hydrogens (tertiary/aromatic N) is 1. The molecule has 0 aliphatic heterocycles. The van der Waals surface area contributed by atoms with Crippen molar-refractivity contribution in [2.45, 2.75) is 13.0 Å².